The van der Waals surface area contributed by atoms with Crippen molar-refractivity contribution in [3.63, 3.8) is 0 Å². The molecule has 2 aromatic carbocycles. The predicted octanol–water partition coefficient (Wildman–Crippen LogP) is 2.92. The molecule has 6 heteroatoms. The van der Waals surface area contributed by atoms with E-state index in [0.717, 1.165) is 11.1 Å². The standard InChI is InChI=1S/C20H23NO5/c1-13-10-16(19(24)17(11-13)26-2)20(25)21-15(8-9-18(22)23)12-14-6-4-3-5-7-14/h3-7,10-11,15,24H,8-9,12H2,1-2H3,(H,21,25)(H,22,23). The molecule has 6 nitrogen and oxygen atoms in total. The summed E-state index contributed by atoms with van der Waals surface area (Å²) >= 11 is 0. The highest BCUT2D eigenvalue weighted by Crippen LogP contribution is 2.31. The Morgan fingerprint density at radius 1 is 1.19 bits per heavy atom. The average Bonchev–Trinajstić information content (AvgIpc) is 2.62. The third-order valence-corrected chi connectivity index (χ3v) is 4.05. The van der Waals surface area contributed by atoms with Gasteiger partial charge >= 0.3 is 5.97 Å². The maximum absolute atomic E-state index is 12.7. The van der Waals surface area contributed by atoms with Crippen LogP contribution in [0.3, 0.4) is 0 Å². The third-order valence-electron chi connectivity index (χ3n) is 4.05. The van der Waals surface area contributed by atoms with Crippen LogP contribution >= 0.6 is 0 Å². The molecule has 0 heterocycles. The Kier molecular flexibility index (Phi) is 6.60. The fourth-order valence-electron chi connectivity index (χ4n) is 2.76. The summed E-state index contributed by atoms with van der Waals surface area (Å²) in [4.78, 5) is 23.6. The van der Waals surface area contributed by atoms with Gasteiger partial charge in [-0.2, -0.15) is 0 Å². The Morgan fingerprint density at radius 2 is 1.88 bits per heavy atom. The van der Waals surface area contributed by atoms with Crippen molar-refractivity contribution in [1.82, 2.24) is 5.32 Å². The van der Waals surface area contributed by atoms with Crippen LogP contribution < -0.4 is 10.1 Å². The molecular weight excluding hydrogens is 334 g/mol. The fraction of sp³-hybridized carbons (Fsp3) is 0.300. The molecule has 0 aromatic heterocycles. The molecule has 3 N–H and O–H groups in total. The predicted molar refractivity (Wildman–Crippen MR) is 97.7 cm³/mol. The minimum absolute atomic E-state index is 0.0547. The molecule has 0 bridgehead atoms. The van der Waals surface area contributed by atoms with Crippen LogP contribution in [0.5, 0.6) is 11.5 Å². The normalized spacial score (nSPS) is 11.6. The highest BCUT2D eigenvalue weighted by Gasteiger charge is 2.20. The molecule has 0 aliphatic heterocycles. The van der Waals surface area contributed by atoms with Crippen molar-refractivity contribution >= 4 is 11.9 Å². The van der Waals surface area contributed by atoms with Crippen LogP contribution in [-0.2, 0) is 11.2 Å². The first-order chi connectivity index (χ1) is 12.4. The van der Waals surface area contributed by atoms with E-state index in [-0.39, 0.29) is 29.5 Å². The van der Waals surface area contributed by atoms with E-state index < -0.39 is 11.9 Å². The molecule has 1 amide bonds. The molecule has 0 spiro atoms. The van der Waals surface area contributed by atoms with Crippen LogP contribution in [0.4, 0.5) is 0 Å². The van der Waals surface area contributed by atoms with Crippen molar-refractivity contribution in [2.24, 2.45) is 0 Å². The number of aromatic hydroxyl groups is 1. The number of carbonyl (C=O) groups is 2. The van der Waals surface area contributed by atoms with Gasteiger partial charge in [-0.05, 0) is 43.0 Å². The zero-order chi connectivity index (χ0) is 19.1. The monoisotopic (exact) mass is 357 g/mol. The number of phenols is 1. The molecule has 1 unspecified atom stereocenters. The Bertz CT molecular complexity index is 773. The van der Waals surface area contributed by atoms with Crippen molar-refractivity contribution in [1.29, 1.82) is 0 Å². The second kappa shape index (κ2) is 8.89. The lowest BCUT2D eigenvalue weighted by Crippen LogP contribution is -2.37. The summed E-state index contributed by atoms with van der Waals surface area (Å²) in [5.41, 5.74) is 1.87. The van der Waals surface area contributed by atoms with Gasteiger partial charge in [-0.3, -0.25) is 9.59 Å². The van der Waals surface area contributed by atoms with Gasteiger partial charge in [0.25, 0.3) is 5.91 Å². The Balaban J connectivity index is 2.20. The Labute approximate surface area is 152 Å². The zero-order valence-corrected chi connectivity index (χ0v) is 14.9. The number of hydrogen-bond acceptors (Lipinski definition) is 4. The van der Waals surface area contributed by atoms with E-state index in [9.17, 15) is 14.7 Å². The number of nitrogens with one attached hydrogen (secondary N) is 1. The van der Waals surface area contributed by atoms with Crippen molar-refractivity contribution in [2.75, 3.05) is 7.11 Å². The smallest absolute Gasteiger partial charge is 0.303 e. The van der Waals surface area contributed by atoms with Crippen molar-refractivity contribution in [2.45, 2.75) is 32.2 Å². The molecule has 0 aliphatic rings. The molecule has 0 saturated heterocycles. The highest BCUT2D eigenvalue weighted by molar-refractivity contribution is 5.98. The second-order valence-electron chi connectivity index (χ2n) is 6.16. The summed E-state index contributed by atoms with van der Waals surface area (Å²) in [6.45, 7) is 1.80. The van der Waals surface area contributed by atoms with Crippen LogP contribution in [0.2, 0.25) is 0 Å². The fourth-order valence-corrected chi connectivity index (χ4v) is 2.76. The lowest BCUT2D eigenvalue weighted by Gasteiger charge is -2.19. The van der Waals surface area contributed by atoms with Crippen LogP contribution in [0.25, 0.3) is 0 Å². The number of benzene rings is 2. The molecule has 2 rings (SSSR count). The van der Waals surface area contributed by atoms with Gasteiger partial charge in [0.15, 0.2) is 11.5 Å². The number of amides is 1. The van der Waals surface area contributed by atoms with Crippen LogP contribution in [-0.4, -0.2) is 35.2 Å². The Hall–Kier alpha value is -3.02. The van der Waals surface area contributed by atoms with Crippen LogP contribution in [0, 0.1) is 6.92 Å². The third kappa shape index (κ3) is 5.24. The summed E-state index contributed by atoms with van der Waals surface area (Å²) in [6, 6.07) is 12.4. The molecule has 0 radical (unpaired) electrons. The minimum atomic E-state index is -0.919. The maximum atomic E-state index is 12.7. The number of methoxy groups -OCH3 is 1. The van der Waals surface area contributed by atoms with E-state index in [4.69, 9.17) is 9.84 Å². The first kappa shape index (κ1) is 19.3. The molecule has 0 fully saturated rings. The Morgan fingerprint density at radius 3 is 2.50 bits per heavy atom. The molecule has 0 saturated carbocycles. The number of hydrogen-bond donors (Lipinski definition) is 3. The quantitative estimate of drug-likeness (QED) is 0.675. The first-order valence-corrected chi connectivity index (χ1v) is 8.35. The number of carbonyl (C=O) groups excluding carboxylic acids is 1. The highest BCUT2D eigenvalue weighted by atomic mass is 16.5. The van der Waals surface area contributed by atoms with Gasteiger partial charge < -0.3 is 20.3 Å². The first-order valence-electron chi connectivity index (χ1n) is 8.35. The van der Waals surface area contributed by atoms with E-state index in [1.807, 2.05) is 30.3 Å². The minimum Gasteiger partial charge on any atom is -0.504 e. The molecule has 1 atom stereocenters. The van der Waals surface area contributed by atoms with E-state index >= 15 is 0 Å². The van der Waals surface area contributed by atoms with Crippen molar-refractivity contribution in [3.8, 4) is 11.5 Å². The van der Waals surface area contributed by atoms with Gasteiger partial charge in [-0.15, -0.1) is 0 Å². The summed E-state index contributed by atoms with van der Waals surface area (Å²) in [5, 5.41) is 22.0. The largest absolute Gasteiger partial charge is 0.504 e. The van der Waals surface area contributed by atoms with Gasteiger partial charge in [0.05, 0.1) is 12.7 Å². The molecule has 138 valence electrons. The molecule has 2 aromatic rings. The lowest BCUT2D eigenvalue weighted by molar-refractivity contribution is -0.137. The van der Waals surface area contributed by atoms with Gasteiger partial charge in [0.2, 0.25) is 0 Å². The van der Waals surface area contributed by atoms with Gasteiger partial charge in [-0.25, -0.2) is 0 Å². The summed E-state index contributed by atoms with van der Waals surface area (Å²) < 4.78 is 5.09. The van der Waals surface area contributed by atoms with E-state index in [0.29, 0.717) is 12.8 Å². The van der Waals surface area contributed by atoms with Crippen molar-refractivity contribution in [3.05, 3.63) is 59.2 Å². The van der Waals surface area contributed by atoms with E-state index in [1.54, 1.807) is 19.1 Å². The van der Waals surface area contributed by atoms with E-state index in [2.05, 4.69) is 5.32 Å². The lowest BCUT2D eigenvalue weighted by atomic mass is 10.0. The van der Waals surface area contributed by atoms with Gasteiger partial charge in [0, 0.05) is 12.5 Å². The number of carboxylic acids is 1. The number of aryl methyl sites for hydroxylation is 1. The number of rotatable bonds is 8. The van der Waals surface area contributed by atoms with E-state index in [1.165, 1.54) is 7.11 Å². The van der Waals surface area contributed by atoms with Gasteiger partial charge in [0.1, 0.15) is 0 Å². The molecule has 26 heavy (non-hydrogen) atoms. The number of aliphatic carboxylic acids is 1. The zero-order valence-electron chi connectivity index (χ0n) is 14.9. The number of ether oxygens (including phenoxy) is 1. The van der Waals surface area contributed by atoms with Gasteiger partial charge in [-0.1, -0.05) is 30.3 Å². The summed E-state index contributed by atoms with van der Waals surface area (Å²) in [5.74, 6) is -1.39. The van der Waals surface area contributed by atoms with Crippen LogP contribution in [0.15, 0.2) is 42.5 Å². The van der Waals surface area contributed by atoms with Crippen molar-refractivity contribution < 1.29 is 24.5 Å². The SMILES string of the molecule is COc1cc(C)cc(C(=O)NC(CCC(=O)O)Cc2ccccc2)c1O. The summed E-state index contributed by atoms with van der Waals surface area (Å²) in [7, 11) is 1.42. The molecule has 0 aliphatic carbocycles. The summed E-state index contributed by atoms with van der Waals surface area (Å²) in [6.07, 6.45) is 0.740. The number of phenolic OH excluding ortho intramolecular Hbond substituents is 1. The second-order valence-corrected chi connectivity index (χ2v) is 6.16. The average molecular weight is 357 g/mol. The maximum Gasteiger partial charge on any atom is 0.303 e. The number of carboxylic acid groups (broad SMARTS) is 1. The molecular formula is C20H23NO5. The van der Waals surface area contributed by atoms with Crippen LogP contribution in [0.1, 0.15) is 34.3 Å². The topological polar surface area (TPSA) is 95.9 Å².